The molecule has 190 valence electrons. The minimum atomic E-state index is -0.865. The summed E-state index contributed by atoms with van der Waals surface area (Å²) in [5, 5.41) is 0. The molecule has 0 radical (unpaired) electrons. The van der Waals surface area contributed by atoms with Gasteiger partial charge in [-0.05, 0) is 81.7 Å². The third-order valence-corrected chi connectivity index (χ3v) is 6.89. The first-order valence-corrected chi connectivity index (χ1v) is 12.6. The number of hydrogen-bond donors (Lipinski definition) is 0. The fraction of sp³-hybridized carbons (Fsp3) is 0.0811. The highest BCUT2D eigenvalue weighted by atomic mass is 19.1. The van der Waals surface area contributed by atoms with Crippen LogP contribution in [0.5, 0.6) is 0 Å². The van der Waals surface area contributed by atoms with Crippen LogP contribution in [0.15, 0.2) is 164 Å². The Morgan fingerprint density at radius 3 is 1.71 bits per heavy atom. The van der Waals surface area contributed by atoms with Crippen molar-refractivity contribution in [2.45, 2.75) is 19.3 Å². The van der Waals surface area contributed by atoms with Crippen molar-refractivity contribution in [3.05, 3.63) is 187 Å². The molecule has 0 amide bonds. The largest absolute Gasteiger partial charge is 0.207 e. The summed E-state index contributed by atoms with van der Waals surface area (Å²) in [4.78, 5) is 0. The Balaban J connectivity index is 2.78. The van der Waals surface area contributed by atoms with Crippen molar-refractivity contribution in [3.8, 4) is 0 Å². The maximum absolute atomic E-state index is 15.2. The smallest absolute Gasteiger partial charge is 0.122 e. The van der Waals surface area contributed by atoms with Crippen LogP contribution in [0.25, 0.3) is 17.7 Å². The molecule has 0 aromatic heterocycles. The molecule has 0 aliphatic heterocycles. The normalized spacial score (nSPS) is 17.1. The highest BCUT2D eigenvalue weighted by Crippen LogP contribution is 2.62. The lowest BCUT2D eigenvalue weighted by Gasteiger charge is -2.34. The summed E-state index contributed by atoms with van der Waals surface area (Å²) >= 11 is 0. The molecule has 1 spiro atoms. The predicted octanol–water partition coefficient (Wildman–Crippen LogP) is 10.4. The first kappa shape index (κ1) is 28.1. The molecule has 0 saturated carbocycles. The summed E-state index contributed by atoms with van der Waals surface area (Å²) < 4.78 is 15.2. The fourth-order valence-corrected chi connectivity index (χ4v) is 5.60. The van der Waals surface area contributed by atoms with Gasteiger partial charge in [-0.15, -0.1) is 0 Å². The first-order valence-electron chi connectivity index (χ1n) is 12.6. The second-order valence-corrected chi connectivity index (χ2v) is 8.76. The Morgan fingerprint density at radius 2 is 1.26 bits per heavy atom. The molecule has 0 fully saturated rings. The van der Waals surface area contributed by atoms with E-state index in [0.717, 1.165) is 55.7 Å². The molecule has 1 aromatic carbocycles. The van der Waals surface area contributed by atoms with E-state index in [1.54, 1.807) is 18.2 Å². The summed E-state index contributed by atoms with van der Waals surface area (Å²) in [7, 11) is 0. The maximum atomic E-state index is 15.2. The maximum Gasteiger partial charge on any atom is 0.122 e. The van der Waals surface area contributed by atoms with Gasteiger partial charge in [0, 0.05) is 0 Å². The van der Waals surface area contributed by atoms with E-state index in [1.807, 2.05) is 68.5 Å². The molecule has 2 aliphatic rings. The number of rotatable bonds is 11. The van der Waals surface area contributed by atoms with Gasteiger partial charge in [-0.1, -0.05) is 131 Å². The zero-order valence-electron chi connectivity index (χ0n) is 22.4. The van der Waals surface area contributed by atoms with E-state index in [0.29, 0.717) is 0 Å². The van der Waals surface area contributed by atoms with Crippen LogP contribution < -0.4 is 0 Å². The predicted molar refractivity (Wildman–Crippen MR) is 167 cm³/mol. The number of halogens is 1. The van der Waals surface area contributed by atoms with E-state index in [2.05, 4.69) is 63.8 Å². The van der Waals surface area contributed by atoms with Crippen LogP contribution in [0, 0.1) is 0 Å². The molecule has 0 N–H and O–H groups in total. The molecule has 3 rings (SSSR count). The molecule has 0 heterocycles. The van der Waals surface area contributed by atoms with Crippen molar-refractivity contribution >= 4 is 17.7 Å². The van der Waals surface area contributed by atoms with Crippen molar-refractivity contribution < 1.29 is 4.39 Å². The second kappa shape index (κ2) is 12.2. The SMILES string of the molecule is C=C/C=C\C1=C(C=C)C(C=C)=C(/C=C\C=C)C12C(/C=C(/F)C=C)=C(C=C)c1c2ccc(/C=C\C)c1/C=C\C. The Morgan fingerprint density at radius 1 is 0.711 bits per heavy atom. The van der Waals surface area contributed by atoms with Crippen LogP contribution in [0.1, 0.15) is 36.1 Å². The molecular weight excluding hydrogens is 463 g/mol. The number of hydrogen-bond acceptors (Lipinski definition) is 0. The van der Waals surface area contributed by atoms with E-state index in [4.69, 9.17) is 0 Å². The summed E-state index contributed by atoms with van der Waals surface area (Å²) in [5.41, 5.74) is 8.68. The van der Waals surface area contributed by atoms with E-state index in [-0.39, 0.29) is 0 Å². The molecule has 0 nitrogen and oxygen atoms in total. The van der Waals surface area contributed by atoms with Gasteiger partial charge >= 0.3 is 0 Å². The van der Waals surface area contributed by atoms with Gasteiger partial charge in [0.1, 0.15) is 5.83 Å². The third-order valence-electron chi connectivity index (χ3n) is 6.89. The van der Waals surface area contributed by atoms with Gasteiger partial charge in [0.05, 0.1) is 5.41 Å². The van der Waals surface area contributed by atoms with Crippen LogP contribution in [0.3, 0.4) is 0 Å². The molecule has 0 atom stereocenters. The van der Waals surface area contributed by atoms with E-state index >= 15 is 4.39 Å². The zero-order valence-corrected chi connectivity index (χ0v) is 22.4. The number of allylic oxidation sites excluding steroid dienone is 20. The average Bonchev–Trinajstić information content (AvgIpc) is 3.36. The minimum Gasteiger partial charge on any atom is -0.207 e. The van der Waals surface area contributed by atoms with Crippen LogP contribution in [-0.2, 0) is 5.41 Å². The minimum absolute atomic E-state index is 0.431. The van der Waals surface area contributed by atoms with Gasteiger partial charge in [0.15, 0.2) is 0 Å². The highest BCUT2D eigenvalue weighted by Gasteiger charge is 2.53. The highest BCUT2D eigenvalue weighted by molar-refractivity contribution is 5.98. The van der Waals surface area contributed by atoms with E-state index < -0.39 is 11.2 Å². The lowest BCUT2D eigenvalue weighted by molar-refractivity contribution is 0.660. The third kappa shape index (κ3) is 4.31. The molecule has 1 heteroatoms. The van der Waals surface area contributed by atoms with Crippen LogP contribution in [0.2, 0.25) is 0 Å². The van der Waals surface area contributed by atoms with E-state index in [9.17, 15) is 0 Å². The summed E-state index contributed by atoms with van der Waals surface area (Å²) in [6.07, 6.45) is 27.9. The molecule has 38 heavy (non-hydrogen) atoms. The zero-order chi connectivity index (χ0) is 27.9. The van der Waals surface area contributed by atoms with Crippen LogP contribution in [0.4, 0.5) is 4.39 Å². The average molecular weight is 499 g/mol. The Hall–Kier alpha value is -4.49. The summed E-state index contributed by atoms with van der Waals surface area (Å²) in [5.74, 6) is -0.431. The Bertz CT molecular complexity index is 1420. The van der Waals surface area contributed by atoms with Crippen molar-refractivity contribution in [1.29, 1.82) is 0 Å². The van der Waals surface area contributed by atoms with Gasteiger partial charge < -0.3 is 0 Å². The Kier molecular flexibility index (Phi) is 8.99. The van der Waals surface area contributed by atoms with Gasteiger partial charge in [-0.3, -0.25) is 0 Å². The fourth-order valence-electron chi connectivity index (χ4n) is 5.60. The topological polar surface area (TPSA) is 0 Å². The monoisotopic (exact) mass is 498 g/mol. The molecular formula is C37H35F. The van der Waals surface area contributed by atoms with Gasteiger partial charge in [-0.2, -0.15) is 0 Å². The van der Waals surface area contributed by atoms with Gasteiger partial charge in [-0.25, -0.2) is 4.39 Å². The number of benzene rings is 1. The molecule has 0 unspecified atom stereocenters. The van der Waals surface area contributed by atoms with Crippen LogP contribution in [-0.4, -0.2) is 0 Å². The van der Waals surface area contributed by atoms with Crippen molar-refractivity contribution in [3.63, 3.8) is 0 Å². The first-order chi connectivity index (χ1) is 18.5. The second-order valence-electron chi connectivity index (χ2n) is 8.76. The van der Waals surface area contributed by atoms with Crippen molar-refractivity contribution in [2.75, 3.05) is 0 Å². The van der Waals surface area contributed by atoms with Crippen LogP contribution >= 0.6 is 0 Å². The number of fused-ring (bicyclic) bond motifs is 2. The van der Waals surface area contributed by atoms with Gasteiger partial charge in [0.2, 0.25) is 0 Å². The molecule has 0 saturated heterocycles. The standard InChI is InChI=1S/C37H35F/c1-9-17-21-32-28(14-6)29(15-7)33(22-18-10-2)37(32)34-24-23-26(19-11-3)31(20-12-4)36(34)30(16-8)35(37)25-27(38)13-5/h9-25H,1-2,5-8H2,3-4H3/b19-11-,20-12-,21-17-,22-18-,27-25+. The molecule has 0 bridgehead atoms. The Labute approximate surface area is 227 Å². The van der Waals surface area contributed by atoms with E-state index in [1.165, 1.54) is 6.08 Å². The lowest BCUT2D eigenvalue weighted by atomic mass is 9.67. The van der Waals surface area contributed by atoms with Gasteiger partial charge in [0.25, 0.3) is 0 Å². The summed E-state index contributed by atoms with van der Waals surface area (Å²) in [6, 6.07) is 4.26. The summed E-state index contributed by atoms with van der Waals surface area (Å²) in [6.45, 7) is 27.9. The molecule has 1 aromatic rings. The van der Waals surface area contributed by atoms with Crippen molar-refractivity contribution in [2.24, 2.45) is 0 Å². The molecule has 2 aliphatic carbocycles. The lowest BCUT2D eigenvalue weighted by Crippen LogP contribution is -2.28. The van der Waals surface area contributed by atoms with Crippen molar-refractivity contribution in [1.82, 2.24) is 0 Å². The quantitative estimate of drug-likeness (QED) is 0.266.